The molecule has 88 valence electrons. The zero-order valence-corrected chi connectivity index (χ0v) is 9.98. The molecular weight excluding hydrogens is 202 g/mol. The van der Waals surface area contributed by atoms with Gasteiger partial charge in [-0.25, -0.2) is 4.79 Å². The second-order valence-corrected chi connectivity index (χ2v) is 4.09. The Bertz CT molecular complexity index is 324. The van der Waals surface area contributed by atoms with Crippen LogP contribution >= 0.6 is 0 Å². The molecule has 0 amide bonds. The third kappa shape index (κ3) is 3.66. The Labute approximate surface area is 96.6 Å². The van der Waals surface area contributed by atoms with Gasteiger partial charge in [-0.1, -0.05) is 44.2 Å². The molecular formula is C13H20NO2+. The molecule has 0 unspecified atom stereocenters. The highest BCUT2D eigenvalue weighted by atomic mass is 16.5. The van der Waals surface area contributed by atoms with Crippen molar-refractivity contribution in [3.8, 4) is 0 Å². The second kappa shape index (κ2) is 6.28. The van der Waals surface area contributed by atoms with E-state index >= 15 is 0 Å². The first-order valence-corrected chi connectivity index (χ1v) is 5.68. The summed E-state index contributed by atoms with van der Waals surface area (Å²) in [5.41, 5.74) is 4.85. The van der Waals surface area contributed by atoms with Gasteiger partial charge in [-0.05, 0) is 12.0 Å². The number of benzene rings is 1. The van der Waals surface area contributed by atoms with E-state index in [1.807, 2.05) is 44.2 Å². The Hall–Kier alpha value is -1.35. The highest BCUT2D eigenvalue weighted by Crippen LogP contribution is 2.07. The SMILES string of the molecule is CC[C@@H](C)[C@@H]([NH3+])C(=O)OCc1ccccc1. The smallest absolute Gasteiger partial charge is 0.365 e. The van der Waals surface area contributed by atoms with Gasteiger partial charge in [0.15, 0.2) is 6.04 Å². The van der Waals surface area contributed by atoms with Crippen molar-refractivity contribution in [2.24, 2.45) is 5.92 Å². The average Bonchev–Trinajstić information content (AvgIpc) is 2.35. The summed E-state index contributed by atoms with van der Waals surface area (Å²) >= 11 is 0. The van der Waals surface area contributed by atoms with E-state index < -0.39 is 0 Å². The molecule has 3 heteroatoms. The molecule has 0 radical (unpaired) electrons. The van der Waals surface area contributed by atoms with Crippen LogP contribution in [0.4, 0.5) is 0 Å². The van der Waals surface area contributed by atoms with E-state index in [1.165, 1.54) is 0 Å². The quantitative estimate of drug-likeness (QED) is 0.765. The molecule has 0 fully saturated rings. The first-order valence-electron chi connectivity index (χ1n) is 5.68. The van der Waals surface area contributed by atoms with Crippen LogP contribution in [0.1, 0.15) is 25.8 Å². The molecule has 0 bridgehead atoms. The maximum atomic E-state index is 11.6. The van der Waals surface area contributed by atoms with Crippen LogP contribution in [0.25, 0.3) is 0 Å². The van der Waals surface area contributed by atoms with Gasteiger partial charge in [0.1, 0.15) is 6.61 Å². The fraction of sp³-hybridized carbons (Fsp3) is 0.462. The lowest BCUT2D eigenvalue weighted by molar-refractivity contribution is -0.420. The van der Waals surface area contributed by atoms with Crippen LogP contribution in [0.2, 0.25) is 0 Å². The first-order chi connectivity index (χ1) is 7.65. The van der Waals surface area contributed by atoms with Crippen molar-refractivity contribution in [3.05, 3.63) is 35.9 Å². The molecule has 0 aliphatic carbocycles. The van der Waals surface area contributed by atoms with Crippen molar-refractivity contribution in [1.82, 2.24) is 0 Å². The minimum Gasteiger partial charge on any atom is -0.456 e. The second-order valence-electron chi connectivity index (χ2n) is 4.09. The van der Waals surface area contributed by atoms with Gasteiger partial charge in [-0.15, -0.1) is 0 Å². The summed E-state index contributed by atoms with van der Waals surface area (Å²) in [7, 11) is 0. The Morgan fingerprint density at radius 3 is 2.56 bits per heavy atom. The zero-order chi connectivity index (χ0) is 12.0. The lowest BCUT2D eigenvalue weighted by atomic mass is 10.0. The molecule has 1 aromatic rings. The van der Waals surface area contributed by atoms with Gasteiger partial charge in [0.05, 0.1) is 0 Å². The summed E-state index contributed by atoms with van der Waals surface area (Å²) in [6, 6.07) is 9.41. The van der Waals surface area contributed by atoms with E-state index in [4.69, 9.17) is 4.74 Å². The van der Waals surface area contributed by atoms with Crippen molar-refractivity contribution in [3.63, 3.8) is 0 Å². The number of hydrogen-bond acceptors (Lipinski definition) is 2. The van der Waals surface area contributed by atoms with E-state index in [1.54, 1.807) is 0 Å². The summed E-state index contributed by atoms with van der Waals surface area (Å²) in [4.78, 5) is 11.6. The molecule has 0 saturated heterocycles. The summed E-state index contributed by atoms with van der Waals surface area (Å²) in [5, 5.41) is 0. The molecule has 2 atom stereocenters. The van der Waals surface area contributed by atoms with Gasteiger partial charge in [0, 0.05) is 5.92 Å². The number of carbonyl (C=O) groups excluding carboxylic acids is 1. The highest BCUT2D eigenvalue weighted by Gasteiger charge is 2.24. The molecule has 0 aromatic heterocycles. The van der Waals surface area contributed by atoms with E-state index in [0.29, 0.717) is 6.61 Å². The maximum Gasteiger partial charge on any atom is 0.365 e. The van der Waals surface area contributed by atoms with Crippen molar-refractivity contribution in [1.29, 1.82) is 0 Å². The largest absolute Gasteiger partial charge is 0.456 e. The molecule has 3 N–H and O–H groups in total. The molecule has 1 aromatic carbocycles. The van der Waals surface area contributed by atoms with Gasteiger partial charge in [0.2, 0.25) is 0 Å². The number of rotatable bonds is 5. The molecule has 0 spiro atoms. The molecule has 3 nitrogen and oxygen atoms in total. The third-order valence-corrected chi connectivity index (χ3v) is 2.86. The predicted octanol–water partition coefficient (Wildman–Crippen LogP) is 1.39. The number of esters is 1. The van der Waals surface area contributed by atoms with Gasteiger partial charge >= 0.3 is 5.97 Å². The number of hydrogen-bond donors (Lipinski definition) is 1. The Balaban J connectivity index is 2.41. The molecule has 0 aliphatic rings. The van der Waals surface area contributed by atoms with Gasteiger partial charge in [0.25, 0.3) is 0 Å². The lowest BCUT2D eigenvalue weighted by Crippen LogP contribution is -2.68. The van der Waals surface area contributed by atoms with Crippen molar-refractivity contribution in [2.45, 2.75) is 32.9 Å². The fourth-order valence-corrected chi connectivity index (χ4v) is 1.35. The minimum atomic E-state index is -0.270. The molecule has 0 saturated carbocycles. The average molecular weight is 222 g/mol. The van der Waals surface area contributed by atoms with Gasteiger partial charge in [-0.2, -0.15) is 0 Å². The summed E-state index contributed by atoms with van der Waals surface area (Å²) in [5.74, 6) is 0.0569. The standard InChI is InChI=1S/C13H19NO2/c1-3-10(2)12(14)13(15)16-9-11-7-5-4-6-8-11/h4-8,10,12H,3,9,14H2,1-2H3/p+1/t10-,12-/m1/s1. The fourth-order valence-electron chi connectivity index (χ4n) is 1.35. The van der Waals surface area contributed by atoms with Crippen LogP contribution in [0.15, 0.2) is 30.3 Å². The van der Waals surface area contributed by atoms with Crippen LogP contribution < -0.4 is 5.73 Å². The number of ether oxygens (including phenoxy) is 1. The summed E-state index contributed by atoms with van der Waals surface area (Å²) in [6.07, 6.45) is 0.939. The monoisotopic (exact) mass is 222 g/mol. The third-order valence-electron chi connectivity index (χ3n) is 2.86. The highest BCUT2D eigenvalue weighted by molar-refractivity contribution is 5.74. The van der Waals surface area contributed by atoms with Crippen LogP contribution in [-0.2, 0) is 16.1 Å². The Morgan fingerprint density at radius 2 is 2.00 bits per heavy atom. The molecule has 0 aliphatic heterocycles. The van der Waals surface area contributed by atoms with Crippen molar-refractivity contribution >= 4 is 5.97 Å². The molecule has 1 rings (SSSR count). The number of carbonyl (C=O) groups is 1. The maximum absolute atomic E-state index is 11.6. The summed E-state index contributed by atoms with van der Waals surface area (Å²) < 4.78 is 5.21. The van der Waals surface area contributed by atoms with Gasteiger partial charge < -0.3 is 10.5 Å². The molecule has 0 heterocycles. The van der Waals surface area contributed by atoms with Crippen molar-refractivity contribution < 1.29 is 15.3 Å². The Kier molecular flexibility index (Phi) is 4.99. The molecule has 16 heavy (non-hydrogen) atoms. The number of quaternary nitrogens is 1. The predicted molar refractivity (Wildman–Crippen MR) is 62.4 cm³/mol. The Morgan fingerprint density at radius 1 is 1.38 bits per heavy atom. The zero-order valence-electron chi connectivity index (χ0n) is 9.98. The summed E-state index contributed by atoms with van der Waals surface area (Å²) in [6.45, 7) is 4.40. The minimum absolute atomic E-state index is 0.210. The lowest BCUT2D eigenvalue weighted by Gasteiger charge is -2.13. The topological polar surface area (TPSA) is 53.9 Å². The van der Waals surface area contributed by atoms with Gasteiger partial charge in [-0.3, -0.25) is 0 Å². The van der Waals surface area contributed by atoms with Crippen LogP contribution in [0.5, 0.6) is 0 Å². The van der Waals surface area contributed by atoms with Crippen LogP contribution in [0, 0.1) is 5.92 Å². The first kappa shape index (κ1) is 12.7. The van der Waals surface area contributed by atoms with Crippen molar-refractivity contribution in [2.75, 3.05) is 0 Å². The van der Waals surface area contributed by atoms with E-state index in [0.717, 1.165) is 12.0 Å². The van der Waals surface area contributed by atoms with E-state index in [2.05, 4.69) is 5.73 Å². The van der Waals surface area contributed by atoms with Crippen LogP contribution in [-0.4, -0.2) is 12.0 Å². The van der Waals surface area contributed by atoms with E-state index in [-0.39, 0.29) is 17.9 Å². The normalized spacial score (nSPS) is 14.2. The van der Waals surface area contributed by atoms with Crippen LogP contribution in [0.3, 0.4) is 0 Å². The van der Waals surface area contributed by atoms with E-state index in [9.17, 15) is 4.79 Å².